The van der Waals surface area contributed by atoms with Crippen LogP contribution in [0, 0.1) is 0 Å². The van der Waals surface area contributed by atoms with Gasteiger partial charge in [-0.05, 0) is 42.8 Å². The highest BCUT2D eigenvalue weighted by Gasteiger charge is 2.37. The van der Waals surface area contributed by atoms with E-state index in [-0.39, 0.29) is 5.65 Å². The first-order valence-corrected chi connectivity index (χ1v) is 9.48. The SMILES string of the molecule is CCCOc1ccc(N2CCN(c3ccc4nnc(C(F)(F)F)n4n3)CC2)cc1. The summed E-state index contributed by atoms with van der Waals surface area (Å²) in [7, 11) is 0. The molecule has 0 spiro atoms. The Balaban J connectivity index is 1.44. The predicted octanol–water partition coefficient (Wildman–Crippen LogP) is 3.26. The number of fused-ring (bicyclic) bond motifs is 1. The topological polar surface area (TPSA) is 58.8 Å². The normalized spacial score (nSPS) is 15.2. The number of alkyl halides is 3. The Hall–Kier alpha value is -3.04. The highest BCUT2D eigenvalue weighted by atomic mass is 19.4. The Labute approximate surface area is 165 Å². The maximum atomic E-state index is 13.1. The van der Waals surface area contributed by atoms with Crippen LogP contribution in [0.15, 0.2) is 36.4 Å². The Kier molecular flexibility index (Phi) is 5.16. The lowest BCUT2D eigenvalue weighted by molar-refractivity contribution is -0.146. The number of nitrogens with zero attached hydrogens (tertiary/aromatic N) is 6. The number of ether oxygens (including phenoxy) is 1. The summed E-state index contributed by atoms with van der Waals surface area (Å²) in [5, 5.41) is 10.9. The molecule has 1 aromatic carbocycles. The van der Waals surface area contributed by atoms with Crippen molar-refractivity contribution in [2.24, 2.45) is 0 Å². The van der Waals surface area contributed by atoms with Gasteiger partial charge in [0.25, 0.3) is 5.82 Å². The second-order valence-corrected chi connectivity index (χ2v) is 6.80. The molecule has 0 saturated carbocycles. The van der Waals surface area contributed by atoms with Crippen LogP contribution in [-0.2, 0) is 6.18 Å². The molecule has 1 saturated heterocycles. The first-order chi connectivity index (χ1) is 14.0. The van der Waals surface area contributed by atoms with E-state index < -0.39 is 12.0 Å². The van der Waals surface area contributed by atoms with E-state index in [1.165, 1.54) is 6.07 Å². The molecule has 10 heteroatoms. The van der Waals surface area contributed by atoms with Crippen LogP contribution >= 0.6 is 0 Å². The second kappa shape index (κ2) is 7.76. The Morgan fingerprint density at radius 3 is 2.28 bits per heavy atom. The minimum Gasteiger partial charge on any atom is -0.494 e. The fourth-order valence-corrected chi connectivity index (χ4v) is 3.29. The Morgan fingerprint density at radius 2 is 1.62 bits per heavy atom. The van der Waals surface area contributed by atoms with E-state index >= 15 is 0 Å². The summed E-state index contributed by atoms with van der Waals surface area (Å²) < 4.78 is 45.6. The molecule has 1 aliphatic rings. The molecule has 0 N–H and O–H groups in total. The van der Waals surface area contributed by atoms with E-state index in [9.17, 15) is 13.2 Å². The maximum absolute atomic E-state index is 13.1. The predicted molar refractivity (Wildman–Crippen MR) is 102 cm³/mol. The first-order valence-electron chi connectivity index (χ1n) is 9.48. The maximum Gasteiger partial charge on any atom is 0.453 e. The van der Waals surface area contributed by atoms with Crippen LogP contribution < -0.4 is 14.5 Å². The van der Waals surface area contributed by atoms with Crippen molar-refractivity contribution in [1.29, 1.82) is 0 Å². The van der Waals surface area contributed by atoms with Crippen LogP contribution in [-0.4, -0.2) is 52.6 Å². The van der Waals surface area contributed by atoms with Gasteiger partial charge in [0.15, 0.2) is 5.65 Å². The van der Waals surface area contributed by atoms with Crippen molar-refractivity contribution in [2.45, 2.75) is 19.5 Å². The number of benzene rings is 1. The van der Waals surface area contributed by atoms with E-state index in [1.54, 1.807) is 6.07 Å². The molecule has 7 nitrogen and oxygen atoms in total. The fourth-order valence-electron chi connectivity index (χ4n) is 3.29. The van der Waals surface area contributed by atoms with Gasteiger partial charge in [-0.25, -0.2) is 0 Å². The summed E-state index contributed by atoms with van der Waals surface area (Å²) in [5.74, 6) is 0.213. The van der Waals surface area contributed by atoms with Gasteiger partial charge >= 0.3 is 6.18 Å². The van der Waals surface area contributed by atoms with Gasteiger partial charge in [0.2, 0.25) is 0 Å². The minimum atomic E-state index is -4.60. The van der Waals surface area contributed by atoms with Gasteiger partial charge in [-0.2, -0.15) is 17.7 Å². The summed E-state index contributed by atoms with van der Waals surface area (Å²) in [5.41, 5.74) is 1.17. The van der Waals surface area contributed by atoms with Gasteiger partial charge in [-0.15, -0.1) is 15.3 Å². The monoisotopic (exact) mass is 406 g/mol. The molecule has 3 aromatic rings. The van der Waals surface area contributed by atoms with Crippen LogP contribution in [0.1, 0.15) is 19.2 Å². The molecule has 3 heterocycles. The lowest BCUT2D eigenvalue weighted by atomic mass is 10.2. The third kappa shape index (κ3) is 4.06. The van der Waals surface area contributed by atoms with E-state index in [0.29, 0.717) is 25.5 Å². The summed E-state index contributed by atoms with van der Waals surface area (Å²) in [4.78, 5) is 4.20. The smallest absolute Gasteiger partial charge is 0.453 e. The summed E-state index contributed by atoms with van der Waals surface area (Å²) in [6.45, 7) is 5.53. The lowest BCUT2D eigenvalue weighted by Crippen LogP contribution is -2.47. The van der Waals surface area contributed by atoms with E-state index in [2.05, 4.69) is 27.1 Å². The van der Waals surface area contributed by atoms with Crippen molar-refractivity contribution in [2.75, 3.05) is 42.6 Å². The van der Waals surface area contributed by atoms with Gasteiger partial charge in [0, 0.05) is 31.9 Å². The molecule has 1 aliphatic heterocycles. The van der Waals surface area contributed by atoms with Crippen LogP contribution in [0.2, 0.25) is 0 Å². The molecular weight excluding hydrogens is 385 g/mol. The van der Waals surface area contributed by atoms with Crippen molar-refractivity contribution in [3.63, 3.8) is 0 Å². The molecule has 29 heavy (non-hydrogen) atoms. The third-order valence-electron chi connectivity index (χ3n) is 4.78. The van der Waals surface area contributed by atoms with Crippen LogP contribution in [0.3, 0.4) is 0 Å². The van der Waals surface area contributed by atoms with Crippen molar-refractivity contribution in [3.05, 3.63) is 42.2 Å². The quantitative estimate of drug-likeness (QED) is 0.648. The molecule has 0 unspecified atom stereocenters. The Morgan fingerprint density at radius 1 is 0.931 bits per heavy atom. The minimum absolute atomic E-state index is 0.0742. The van der Waals surface area contributed by atoms with Gasteiger partial charge in [-0.3, -0.25) is 0 Å². The molecule has 154 valence electrons. The molecule has 0 aliphatic carbocycles. The number of halogens is 3. The standard InChI is InChI=1S/C19H21F3N6O/c1-2-13-29-15-5-3-14(4-6-15)26-9-11-27(12-10-26)17-8-7-16-23-24-18(19(20,21)22)28(16)25-17/h3-8H,2,9-13H2,1H3. The van der Waals surface area contributed by atoms with Crippen molar-refractivity contribution in [3.8, 4) is 5.75 Å². The fraction of sp³-hybridized carbons (Fsp3) is 0.421. The lowest BCUT2D eigenvalue weighted by Gasteiger charge is -2.36. The van der Waals surface area contributed by atoms with E-state index in [0.717, 1.165) is 35.5 Å². The number of aromatic nitrogens is 4. The summed E-state index contributed by atoms with van der Waals surface area (Å²) in [6.07, 6.45) is -3.64. The van der Waals surface area contributed by atoms with Crippen LogP contribution in [0.5, 0.6) is 5.75 Å². The second-order valence-electron chi connectivity index (χ2n) is 6.80. The summed E-state index contributed by atoms with van der Waals surface area (Å²) >= 11 is 0. The van der Waals surface area contributed by atoms with Crippen LogP contribution in [0.4, 0.5) is 24.7 Å². The van der Waals surface area contributed by atoms with Gasteiger partial charge in [0.05, 0.1) is 6.61 Å². The molecule has 1 fully saturated rings. The van der Waals surface area contributed by atoms with Gasteiger partial charge in [0.1, 0.15) is 11.6 Å². The van der Waals surface area contributed by atoms with Crippen molar-refractivity contribution >= 4 is 17.2 Å². The third-order valence-corrected chi connectivity index (χ3v) is 4.78. The zero-order valence-electron chi connectivity index (χ0n) is 15.9. The average molecular weight is 406 g/mol. The zero-order chi connectivity index (χ0) is 20.4. The largest absolute Gasteiger partial charge is 0.494 e. The molecule has 0 amide bonds. The number of hydrogen-bond donors (Lipinski definition) is 0. The molecule has 0 bridgehead atoms. The average Bonchev–Trinajstić information content (AvgIpc) is 3.16. The Bertz CT molecular complexity index is 964. The molecule has 0 atom stereocenters. The number of piperazine rings is 1. The molecular formula is C19H21F3N6O. The molecule has 4 rings (SSSR count). The van der Waals surface area contributed by atoms with Crippen LogP contribution in [0.25, 0.3) is 5.65 Å². The van der Waals surface area contributed by atoms with Crippen molar-refractivity contribution < 1.29 is 17.9 Å². The first kappa shape index (κ1) is 19.3. The molecule has 0 radical (unpaired) electrons. The number of rotatable bonds is 5. The zero-order valence-corrected chi connectivity index (χ0v) is 15.9. The highest BCUT2D eigenvalue weighted by molar-refractivity contribution is 5.52. The molecule has 2 aromatic heterocycles. The highest BCUT2D eigenvalue weighted by Crippen LogP contribution is 2.28. The van der Waals surface area contributed by atoms with Crippen molar-refractivity contribution in [1.82, 2.24) is 19.8 Å². The summed E-state index contributed by atoms with van der Waals surface area (Å²) in [6, 6.07) is 11.1. The number of anilines is 2. The van der Waals surface area contributed by atoms with E-state index in [4.69, 9.17) is 4.74 Å². The van der Waals surface area contributed by atoms with Gasteiger partial charge < -0.3 is 14.5 Å². The number of hydrogen-bond acceptors (Lipinski definition) is 6. The van der Waals surface area contributed by atoms with Gasteiger partial charge in [-0.1, -0.05) is 6.92 Å². The van der Waals surface area contributed by atoms with E-state index in [1.807, 2.05) is 29.2 Å².